The van der Waals surface area contributed by atoms with Gasteiger partial charge in [0.2, 0.25) is 0 Å². The van der Waals surface area contributed by atoms with E-state index in [1.165, 1.54) is 13.3 Å². The Hall–Kier alpha value is -2.44. The fourth-order valence-electron chi connectivity index (χ4n) is 1.50. The van der Waals surface area contributed by atoms with Crippen LogP contribution in [0.25, 0.3) is 0 Å². The molecule has 2 aromatic rings. The Morgan fingerprint density at radius 1 is 1.35 bits per heavy atom. The first-order valence-corrected chi connectivity index (χ1v) is 4.89. The van der Waals surface area contributed by atoms with Crippen LogP contribution in [0, 0.1) is 0 Å². The Labute approximate surface area is 95.9 Å². The van der Waals surface area contributed by atoms with Crippen LogP contribution in [-0.4, -0.2) is 9.13 Å². The zero-order valence-corrected chi connectivity index (χ0v) is 9.21. The molecule has 0 aliphatic carbocycles. The molecule has 0 saturated heterocycles. The van der Waals surface area contributed by atoms with E-state index in [2.05, 4.69) is 0 Å². The molecule has 0 aliphatic rings. The van der Waals surface area contributed by atoms with Crippen LogP contribution in [0.2, 0.25) is 0 Å². The molecule has 0 amide bonds. The van der Waals surface area contributed by atoms with E-state index in [-0.39, 0.29) is 18.1 Å². The second-order valence-electron chi connectivity index (χ2n) is 3.61. The highest BCUT2D eigenvalue weighted by atomic mass is 16.3. The first-order chi connectivity index (χ1) is 8.02. The van der Waals surface area contributed by atoms with Gasteiger partial charge in [-0.25, -0.2) is 4.79 Å². The molecule has 7 nitrogen and oxygen atoms in total. The lowest BCUT2D eigenvalue weighted by Crippen LogP contribution is -2.41. The third-order valence-electron chi connectivity index (χ3n) is 2.52. The molecule has 17 heavy (non-hydrogen) atoms. The van der Waals surface area contributed by atoms with E-state index < -0.39 is 11.2 Å². The molecule has 0 radical (unpaired) electrons. The van der Waals surface area contributed by atoms with Crippen LogP contribution >= 0.6 is 0 Å². The van der Waals surface area contributed by atoms with Crippen molar-refractivity contribution in [1.29, 1.82) is 0 Å². The van der Waals surface area contributed by atoms with Gasteiger partial charge in [0.05, 0.1) is 12.8 Å². The van der Waals surface area contributed by atoms with Crippen molar-refractivity contribution in [2.45, 2.75) is 6.54 Å². The van der Waals surface area contributed by atoms with Crippen molar-refractivity contribution in [3.05, 3.63) is 45.0 Å². The van der Waals surface area contributed by atoms with Crippen LogP contribution in [0.5, 0.6) is 0 Å². The highest BCUT2D eigenvalue weighted by molar-refractivity contribution is 5.56. The zero-order chi connectivity index (χ0) is 12.6. The predicted octanol–water partition coefficient (Wildman–Crippen LogP) is -0.647. The molecule has 0 fully saturated rings. The molecule has 2 aromatic heterocycles. The van der Waals surface area contributed by atoms with Crippen molar-refractivity contribution in [3.8, 4) is 0 Å². The monoisotopic (exact) mass is 236 g/mol. The van der Waals surface area contributed by atoms with Gasteiger partial charge in [0.1, 0.15) is 17.3 Å². The fourth-order valence-corrected chi connectivity index (χ4v) is 1.50. The Kier molecular flexibility index (Phi) is 2.51. The summed E-state index contributed by atoms with van der Waals surface area (Å²) < 4.78 is 7.18. The Bertz CT molecular complexity index is 614. The lowest BCUT2D eigenvalue weighted by molar-refractivity contribution is 0.479. The first kappa shape index (κ1) is 11.1. The molecule has 7 heteroatoms. The number of aromatic nitrogens is 2. The molecule has 90 valence electrons. The second kappa shape index (κ2) is 3.85. The zero-order valence-electron chi connectivity index (χ0n) is 9.21. The number of furan rings is 1. The van der Waals surface area contributed by atoms with Crippen molar-refractivity contribution in [1.82, 2.24) is 9.13 Å². The van der Waals surface area contributed by atoms with Crippen molar-refractivity contribution in [3.63, 3.8) is 0 Å². The van der Waals surface area contributed by atoms with Crippen molar-refractivity contribution in [2.24, 2.45) is 7.05 Å². The summed E-state index contributed by atoms with van der Waals surface area (Å²) in [5.41, 5.74) is 9.78. The quantitative estimate of drug-likeness (QED) is 0.720. The van der Waals surface area contributed by atoms with Crippen LogP contribution < -0.4 is 22.7 Å². The van der Waals surface area contributed by atoms with Gasteiger partial charge in [-0.15, -0.1) is 0 Å². The van der Waals surface area contributed by atoms with Crippen LogP contribution in [0.4, 0.5) is 11.5 Å². The van der Waals surface area contributed by atoms with Gasteiger partial charge in [0.25, 0.3) is 5.56 Å². The summed E-state index contributed by atoms with van der Waals surface area (Å²) >= 11 is 0. The van der Waals surface area contributed by atoms with Crippen molar-refractivity contribution in [2.75, 3.05) is 11.5 Å². The van der Waals surface area contributed by atoms with Crippen LogP contribution in [0.15, 0.2) is 32.4 Å². The van der Waals surface area contributed by atoms with E-state index in [0.717, 1.165) is 9.13 Å². The van der Waals surface area contributed by atoms with E-state index in [1.54, 1.807) is 12.1 Å². The highest BCUT2D eigenvalue weighted by Gasteiger charge is 2.13. The second-order valence-corrected chi connectivity index (χ2v) is 3.61. The van der Waals surface area contributed by atoms with Gasteiger partial charge in [-0.3, -0.25) is 13.9 Å². The molecule has 0 spiro atoms. The third kappa shape index (κ3) is 1.71. The van der Waals surface area contributed by atoms with Gasteiger partial charge in [0, 0.05) is 7.05 Å². The van der Waals surface area contributed by atoms with E-state index in [0.29, 0.717) is 5.76 Å². The standard InChI is InChI=1S/C10H12N4O3/c1-13-8(12)7(11)9(15)14(10(13)16)5-6-3-2-4-17-6/h2-4H,5,11-12H2,1H3. The smallest absolute Gasteiger partial charge is 0.332 e. The summed E-state index contributed by atoms with van der Waals surface area (Å²) in [6.07, 6.45) is 1.46. The van der Waals surface area contributed by atoms with E-state index in [1.807, 2.05) is 0 Å². The number of nitrogens with zero attached hydrogens (tertiary/aromatic N) is 2. The minimum atomic E-state index is -0.609. The summed E-state index contributed by atoms with van der Waals surface area (Å²) in [5, 5.41) is 0. The summed E-state index contributed by atoms with van der Waals surface area (Å²) in [6.45, 7) is 0.0307. The molecular formula is C10H12N4O3. The molecule has 0 saturated carbocycles. The number of hydrogen-bond acceptors (Lipinski definition) is 5. The molecule has 0 aliphatic heterocycles. The van der Waals surface area contributed by atoms with Gasteiger partial charge >= 0.3 is 5.69 Å². The first-order valence-electron chi connectivity index (χ1n) is 4.89. The van der Waals surface area contributed by atoms with Crippen LogP contribution in [0.1, 0.15) is 5.76 Å². The van der Waals surface area contributed by atoms with Gasteiger partial charge < -0.3 is 15.9 Å². The van der Waals surface area contributed by atoms with Gasteiger partial charge in [-0.1, -0.05) is 0 Å². The topological polar surface area (TPSA) is 109 Å². The normalized spacial score (nSPS) is 10.6. The van der Waals surface area contributed by atoms with E-state index in [9.17, 15) is 9.59 Å². The van der Waals surface area contributed by atoms with Gasteiger partial charge in [0.15, 0.2) is 0 Å². The van der Waals surface area contributed by atoms with Gasteiger partial charge in [-0.2, -0.15) is 0 Å². The largest absolute Gasteiger partial charge is 0.467 e. The Morgan fingerprint density at radius 2 is 2.06 bits per heavy atom. The van der Waals surface area contributed by atoms with Gasteiger partial charge in [-0.05, 0) is 12.1 Å². The maximum Gasteiger partial charge on any atom is 0.332 e. The average molecular weight is 236 g/mol. The molecule has 0 unspecified atom stereocenters. The molecule has 0 atom stereocenters. The molecule has 0 bridgehead atoms. The molecular weight excluding hydrogens is 224 g/mol. The predicted molar refractivity (Wildman–Crippen MR) is 62.6 cm³/mol. The SMILES string of the molecule is Cn1c(N)c(N)c(=O)n(Cc2ccco2)c1=O. The minimum absolute atomic E-state index is 0.0307. The molecule has 2 rings (SSSR count). The third-order valence-corrected chi connectivity index (χ3v) is 2.52. The molecule has 0 aromatic carbocycles. The van der Waals surface area contributed by atoms with Crippen LogP contribution in [-0.2, 0) is 13.6 Å². The minimum Gasteiger partial charge on any atom is -0.467 e. The maximum absolute atomic E-state index is 11.8. The number of anilines is 2. The Balaban J connectivity index is 2.63. The summed E-state index contributed by atoms with van der Waals surface area (Å²) in [5.74, 6) is 0.462. The fraction of sp³-hybridized carbons (Fsp3) is 0.200. The van der Waals surface area contributed by atoms with E-state index in [4.69, 9.17) is 15.9 Å². The van der Waals surface area contributed by atoms with Crippen molar-refractivity contribution >= 4 is 11.5 Å². The van der Waals surface area contributed by atoms with E-state index >= 15 is 0 Å². The number of nitrogens with two attached hydrogens (primary N) is 2. The Morgan fingerprint density at radius 3 is 2.65 bits per heavy atom. The highest BCUT2D eigenvalue weighted by Crippen LogP contribution is 2.05. The van der Waals surface area contributed by atoms with Crippen LogP contribution in [0.3, 0.4) is 0 Å². The summed E-state index contributed by atoms with van der Waals surface area (Å²) in [4.78, 5) is 23.6. The molecule has 2 heterocycles. The average Bonchev–Trinajstić information content (AvgIpc) is 2.82. The lowest BCUT2D eigenvalue weighted by atomic mass is 10.4. The number of hydrogen-bond donors (Lipinski definition) is 2. The number of nitrogen functional groups attached to an aromatic ring is 2. The maximum atomic E-state index is 11.8. The summed E-state index contributed by atoms with van der Waals surface area (Å²) in [6, 6.07) is 3.34. The van der Waals surface area contributed by atoms with Crippen molar-refractivity contribution < 1.29 is 4.42 Å². The summed E-state index contributed by atoms with van der Waals surface area (Å²) in [7, 11) is 1.45. The number of rotatable bonds is 2. The molecule has 4 N–H and O–H groups in total. The lowest BCUT2D eigenvalue weighted by Gasteiger charge is -2.10.